The van der Waals surface area contributed by atoms with Crippen molar-refractivity contribution in [1.29, 1.82) is 0 Å². The van der Waals surface area contributed by atoms with Gasteiger partial charge in [-0.1, -0.05) is 51.7 Å². The van der Waals surface area contributed by atoms with Gasteiger partial charge in [0.05, 0.1) is 12.2 Å². The molecule has 25 heavy (non-hydrogen) atoms. The lowest BCUT2D eigenvalue weighted by molar-refractivity contribution is 0.0480. The van der Waals surface area contributed by atoms with E-state index in [4.69, 9.17) is 39.0 Å². The first-order chi connectivity index (χ1) is 11.7. The third-order valence-corrected chi connectivity index (χ3v) is 3.00. The first-order valence-electron chi connectivity index (χ1n) is 8.32. The van der Waals surface area contributed by atoms with E-state index in [0.29, 0.717) is 0 Å². The zero-order chi connectivity index (χ0) is 20.1. The lowest BCUT2D eigenvalue weighted by Crippen LogP contribution is -2.16. The second kappa shape index (κ2) is 21.2. The Morgan fingerprint density at radius 2 is 1.20 bits per heavy atom. The van der Waals surface area contributed by atoms with E-state index in [-0.39, 0.29) is 12.2 Å². The van der Waals surface area contributed by atoms with Crippen LogP contribution in [0.15, 0.2) is 25.3 Å². The summed E-state index contributed by atoms with van der Waals surface area (Å²) in [4.78, 5) is 9.44. The summed E-state index contributed by atoms with van der Waals surface area (Å²) in [7, 11) is -4.67. The summed E-state index contributed by atoms with van der Waals surface area (Å²) in [5.41, 5.74) is 0. The van der Waals surface area contributed by atoms with E-state index in [0.717, 1.165) is 25.7 Å². The normalized spacial score (nSPS) is 12.7. The molecule has 0 aliphatic heterocycles. The van der Waals surface area contributed by atoms with Crippen LogP contribution in [0.1, 0.15) is 65.2 Å². The van der Waals surface area contributed by atoms with Crippen LogP contribution in [-0.2, 0) is 20.1 Å². The van der Waals surface area contributed by atoms with E-state index in [1.807, 2.05) is 12.2 Å². The zero-order valence-electron chi connectivity index (χ0n) is 15.5. The minimum Gasteiger partial charge on any atom is -0.301 e. The van der Waals surface area contributed by atoms with Crippen LogP contribution in [0, 0.1) is 0 Å². The molecule has 0 aliphatic carbocycles. The van der Waals surface area contributed by atoms with Crippen LogP contribution < -0.4 is 11.8 Å². The van der Waals surface area contributed by atoms with Crippen LogP contribution in [0.5, 0.6) is 0 Å². The summed E-state index contributed by atoms with van der Waals surface area (Å²) in [5, 5.41) is 0. The van der Waals surface area contributed by atoms with Crippen LogP contribution in [0.25, 0.3) is 0 Å². The largest absolute Gasteiger partial charge is 0.394 e. The van der Waals surface area contributed by atoms with Gasteiger partial charge in [-0.25, -0.2) is 11.8 Å². The molecular weight excluding hydrogens is 348 g/mol. The van der Waals surface area contributed by atoms with Gasteiger partial charge in [-0.15, -0.1) is 13.2 Å². The van der Waals surface area contributed by atoms with Crippen LogP contribution >= 0.6 is 0 Å². The van der Waals surface area contributed by atoms with Crippen molar-refractivity contribution in [2.45, 2.75) is 77.4 Å². The molecule has 0 amide bonds. The van der Waals surface area contributed by atoms with Crippen molar-refractivity contribution in [2.24, 2.45) is 11.8 Å². The molecule has 0 aromatic heterocycles. The summed E-state index contributed by atoms with van der Waals surface area (Å²) in [6.07, 6.45) is 12.6. The van der Waals surface area contributed by atoms with E-state index in [1.165, 1.54) is 25.7 Å². The van der Waals surface area contributed by atoms with Gasteiger partial charge in [0.2, 0.25) is 0 Å². The molecule has 0 aromatic rings. The fraction of sp³-hybridized carbons (Fsp3) is 0.750. The van der Waals surface area contributed by atoms with Gasteiger partial charge in [0.25, 0.3) is 0 Å². The summed E-state index contributed by atoms with van der Waals surface area (Å²) < 4.78 is 31.6. The van der Waals surface area contributed by atoms with Crippen molar-refractivity contribution in [1.82, 2.24) is 0 Å². The summed E-state index contributed by atoms with van der Waals surface area (Å²) in [6.45, 7) is 11.6. The number of nitrogens with two attached hydrogens (primary N) is 2. The fourth-order valence-corrected chi connectivity index (χ4v) is 1.72. The van der Waals surface area contributed by atoms with Crippen molar-refractivity contribution in [3.63, 3.8) is 0 Å². The summed E-state index contributed by atoms with van der Waals surface area (Å²) in [6, 6.07) is 0. The van der Waals surface area contributed by atoms with Gasteiger partial charge in [0, 0.05) is 0 Å². The average molecular weight is 385 g/mol. The molecule has 0 bridgehead atoms. The predicted octanol–water partition coefficient (Wildman–Crippen LogP) is 3.37. The number of unbranched alkanes of at least 4 members (excludes halogenated alkanes) is 2. The Morgan fingerprint density at radius 1 is 0.920 bits per heavy atom. The zero-order valence-corrected chi connectivity index (χ0v) is 16.3. The van der Waals surface area contributed by atoms with Gasteiger partial charge in [-0.05, 0) is 25.7 Å². The summed E-state index contributed by atoms with van der Waals surface area (Å²) in [5.74, 6) is 10.1. The molecule has 9 heteroatoms. The highest BCUT2D eigenvalue weighted by Crippen LogP contribution is 2.07. The third kappa shape index (κ3) is 35.2. The number of hydrogen-bond acceptors (Lipinski definition) is 6. The monoisotopic (exact) mass is 384 g/mol. The minimum absolute atomic E-state index is 0.178. The Balaban J connectivity index is -0.000000308. The second-order valence-electron chi connectivity index (χ2n) is 5.30. The molecule has 6 N–H and O–H groups in total. The Bertz CT molecular complexity index is 360. The van der Waals surface area contributed by atoms with Crippen molar-refractivity contribution in [3.8, 4) is 0 Å². The van der Waals surface area contributed by atoms with Gasteiger partial charge in [-0.3, -0.25) is 9.11 Å². The molecule has 152 valence electrons. The van der Waals surface area contributed by atoms with Crippen molar-refractivity contribution < 1.29 is 27.2 Å². The molecule has 0 fully saturated rings. The van der Waals surface area contributed by atoms with E-state index in [1.54, 1.807) is 0 Å². The third-order valence-electron chi connectivity index (χ3n) is 3.00. The van der Waals surface area contributed by atoms with Gasteiger partial charge in [-0.2, -0.15) is 8.42 Å². The van der Waals surface area contributed by atoms with Crippen molar-refractivity contribution in [3.05, 3.63) is 25.3 Å². The predicted molar refractivity (Wildman–Crippen MR) is 101 cm³/mol. The number of rotatable bonds is 12. The highest BCUT2D eigenvalue weighted by molar-refractivity contribution is 7.79. The molecular formula is C16H36N2O6S. The molecule has 0 rings (SSSR count). The van der Waals surface area contributed by atoms with Crippen LogP contribution in [0.3, 0.4) is 0 Å². The van der Waals surface area contributed by atoms with Gasteiger partial charge in [0.1, 0.15) is 0 Å². The molecule has 2 atom stereocenters. The van der Waals surface area contributed by atoms with E-state index >= 15 is 0 Å². The Kier molecular flexibility index (Phi) is 24.6. The molecule has 0 radical (unpaired) electrons. The smallest absolute Gasteiger partial charge is 0.301 e. The molecule has 0 saturated carbocycles. The molecule has 0 aliphatic rings. The first-order valence-corrected chi connectivity index (χ1v) is 9.72. The maximum absolute atomic E-state index is 8.74. The molecule has 2 unspecified atom stereocenters. The topological polar surface area (TPSA) is 145 Å². The minimum atomic E-state index is -4.67. The SMILES string of the molecule is C=CCC(CCCC)ON.C=CCC(CCCC)ON.O=S(=O)(O)O. The fourth-order valence-electron chi connectivity index (χ4n) is 1.72. The van der Waals surface area contributed by atoms with Crippen molar-refractivity contribution >= 4 is 10.4 Å². The van der Waals surface area contributed by atoms with Gasteiger partial charge >= 0.3 is 10.4 Å². The number of hydrogen-bond donors (Lipinski definition) is 4. The lowest BCUT2D eigenvalue weighted by atomic mass is 10.1. The average Bonchev–Trinajstić information content (AvgIpc) is 2.54. The maximum Gasteiger partial charge on any atom is 0.394 e. The molecule has 0 spiro atoms. The first kappa shape index (κ1) is 29.0. The summed E-state index contributed by atoms with van der Waals surface area (Å²) >= 11 is 0. The van der Waals surface area contributed by atoms with Crippen LogP contribution in [0.4, 0.5) is 0 Å². The Morgan fingerprint density at radius 3 is 1.36 bits per heavy atom. The highest BCUT2D eigenvalue weighted by atomic mass is 32.3. The molecule has 8 nitrogen and oxygen atoms in total. The molecule has 0 saturated heterocycles. The quantitative estimate of drug-likeness (QED) is 0.228. The second-order valence-corrected chi connectivity index (χ2v) is 6.19. The van der Waals surface area contributed by atoms with Crippen LogP contribution in [-0.4, -0.2) is 29.7 Å². The van der Waals surface area contributed by atoms with E-state index < -0.39 is 10.4 Å². The Hall–Kier alpha value is -0.810. The lowest BCUT2D eigenvalue weighted by Gasteiger charge is -2.10. The standard InChI is InChI=1S/2C8H17NO.H2O4S/c2*1-3-5-7-8(10-9)6-4-2;1-5(2,3)4/h2*4,8H,2-3,5-7,9H2,1H3;(H2,1,2,3,4). The molecule has 0 heterocycles. The maximum atomic E-state index is 8.74. The van der Waals surface area contributed by atoms with Gasteiger partial charge in [0.15, 0.2) is 0 Å². The van der Waals surface area contributed by atoms with E-state index in [9.17, 15) is 0 Å². The molecule has 0 aromatic carbocycles. The van der Waals surface area contributed by atoms with Crippen molar-refractivity contribution in [2.75, 3.05) is 0 Å². The Labute approximate surface area is 152 Å². The van der Waals surface area contributed by atoms with Gasteiger partial charge < -0.3 is 9.68 Å². The van der Waals surface area contributed by atoms with Crippen LogP contribution in [0.2, 0.25) is 0 Å². The van der Waals surface area contributed by atoms with E-state index in [2.05, 4.69) is 27.0 Å². The highest BCUT2D eigenvalue weighted by Gasteiger charge is 2.03.